The molecule has 3 N–H and O–H groups in total. The molecule has 0 aliphatic heterocycles. The maximum absolute atomic E-state index is 11.7. The minimum atomic E-state index is -0.866. The van der Waals surface area contributed by atoms with Crippen molar-refractivity contribution < 1.29 is 24.2 Å². The van der Waals surface area contributed by atoms with E-state index in [9.17, 15) is 14.4 Å². The van der Waals surface area contributed by atoms with Gasteiger partial charge in [-0.25, -0.2) is 4.79 Å². The average molecular weight is 289 g/mol. The highest BCUT2D eigenvalue weighted by atomic mass is 16.6. The van der Waals surface area contributed by atoms with Crippen molar-refractivity contribution in [2.45, 2.75) is 46.3 Å². The fraction of sp³-hybridized carbons (Fsp3) is 0.769. The molecule has 7 heteroatoms. The summed E-state index contributed by atoms with van der Waals surface area (Å²) in [4.78, 5) is 35.6. The Hall–Kier alpha value is -1.79. The van der Waals surface area contributed by atoms with Crippen molar-refractivity contribution >= 4 is 18.0 Å². The summed E-state index contributed by atoms with van der Waals surface area (Å²) in [7, 11) is 1.43. The van der Waals surface area contributed by atoms with Crippen LogP contribution in [0.2, 0.25) is 0 Å². The van der Waals surface area contributed by atoms with Crippen LogP contribution in [0.15, 0.2) is 0 Å². The number of rotatable bonds is 5. The second-order valence-corrected chi connectivity index (χ2v) is 5.99. The Labute approximate surface area is 119 Å². The molecule has 116 valence electrons. The molecule has 0 aliphatic rings. The third-order valence-corrected chi connectivity index (χ3v) is 2.35. The molecule has 0 saturated carbocycles. The fourth-order valence-corrected chi connectivity index (χ4v) is 1.37. The summed E-state index contributed by atoms with van der Waals surface area (Å²) >= 11 is 0. The highest BCUT2D eigenvalue weighted by Crippen LogP contribution is 2.09. The fourth-order valence-electron chi connectivity index (χ4n) is 1.37. The zero-order valence-electron chi connectivity index (χ0n) is 12.9. The van der Waals surface area contributed by atoms with Gasteiger partial charge in [0.1, 0.15) is 12.1 Å². The molecule has 0 saturated heterocycles. The lowest BCUT2D eigenvalue weighted by molar-refractivity contribution is -0.143. The molecule has 0 rings (SSSR count). The number of carbonyl (C=O) groups is 3. The maximum Gasteiger partial charge on any atom is 0.538 e. The first-order valence-electron chi connectivity index (χ1n) is 6.43. The number of amides is 2. The third kappa shape index (κ3) is 6.96. The zero-order chi connectivity index (χ0) is 16.1. The van der Waals surface area contributed by atoms with E-state index in [1.54, 1.807) is 34.6 Å². The normalized spacial score (nSPS) is 12.8. The van der Waals surface area contributed by atoms with Gasteiger partial charge in [-0.1, -0.05) is 13.8 Å². The van der Waals surface area contributed by atoms with E-state index < -0.39 is 29.6 Å². The van der Waals surface area contributed by atoms with Gasteiger partial charge in [-0.15, -0.1) is 0 Å². The van der Waals surface area contributed by atoms with E-state index in [0.29, 0.717) is 0 Å². The Kier molecular flexibility index (Phi) is 6.48. The average Bonchev–Trinajstić information content (AvgIpc) is 2.22. The van der Waals surface area contributed by atoms with E-state index in [1.807, 2.05) is 0 Å². The lowest BCUT2D eigenvalue weighted by atomic mass is 10.1. The molecule has 0 aromatic carbocycles. The van der Waals surface area contributed by atoms with Crippen LogP contribution < -0.4 is 5.32 Å². The SMILES string of the molecule is CC(C)[C@H](NC(=O)CN(C)C(=O)OC(C)(C)C)C(=O)[OH2+]. The van der Waals surface area contributed by atoms with Crippen LogP contribution in [0.5, 0.6) is 0 Å². The summed E-state index contributed by atoms with van der Waals surface area (Å²) in [6.45, 7) is 8.42. The Morgan fingerprint density at radius 3 is 2.10 bits per heavy atom. The van der Waals surface area contributed by atoms with Gasteiger partial charge in [0.25, 0.3) is 0 Å². The number of hydrogen-bond acceptors (Lipinski definition) is 4. The van der Waals surface area contributed by atoms with Crippen molar-refractivity contribution in [3.05, 3.63) is 0 Å². The number of carbonyl (C=O) groups excluding carboxylic acids is 3. The minimum Gasteiger partial charge on any atom is -0.563 e. The smallest absolute Gasteiger partial charge is 0.538 e. The standard InChI is InChI=1S/C13H24N2O5/c1-8(2)10(11(17)18)14-9(16)7-15(6)12(19)20-13(3,4)5/h8,10H,7H2,1-6H3,(H,14,16)(H,17,18)/p+1/t10-/m0/s1. The molecule has 0 spiro atoms. The van der Waals surface area contributed by atoms with E-state index >= 15 is 0 Å². The summed E-state index contributed by atoms with van der Waals surface area (Å²) in [6.07, 6.45) is -0.619. The van der Waals surface area contributed by atoms with E-state index in [4.69, 9.17) is 9.84 Å². The second-order valence-electron chi connectivity index (χ2n) is 5.99. The molecular formula is C13H25N2O5+. The van der Waals surface area contributed by atoms with Crippen molar-refractivity contribution in [2.24, 2.45) is 5.92 Å². The Morgan fingerprint density at radius 1 is 1.25 bits per heavy atom. The number of nitrogens with zero attached hydrogens (tertiary/aromatic N) is 1. The molecule has 0 heterocycles. The molecule has 1 atom stereocenters. The first-order chi connectivity index (χ1) is 8.94. The van der Waals surface area contributed by atoms with Crippen LogP contribution in [0.1, 0.15) is 34.6 Å². The van der Waals surface area contributed by atoms with Crippen LogP contribution in [-0.2, 0) is 14.3 Å². The molecule has 0 fully saturated rings. The van der Waals surface area contributed by atoms with Gasteiger partial charge in [-0.2, -0.15) is 0 Å². The van der Waals surface area contributed by atoms with E-state index in [-0.39, 0.29) is 12.5 Å². The largest absolute Gasteiger partial charge is 0.563 e. The summed E-state index contributed by atoms with van der Waals surface area (Å²) in [5, 5.41) is 9.52. The lowest BCUT2D eigenvalue weighted by Crippen LogP contribution is -2.48. The summed E-state index contributed by atoms with van der Waals surface area (Å²) in [5.41, 5.74) is -0.639. The van der Waals surface area contributed by atoms with Crippen LogP contribution in [0.25, 0.3) is 0 Å². The van der Waals surface area contributed by atoms with Gasteiger partial charge < -0.3 is 20.1 Å². The number of hydrogen-bond donors (Lipinski definition) is 1. The minimum absolute atomic E-state index is 0.184. The number of likely N-dealkylation sites (N-methyl/N-ethyl adjacent to an activating group) is 1. The Morgan fingerprint density at radius 2 is 1.75 bits per heavy atom. The molecule has 20 heavy (non-hydrogen) atoms. The van der Waals surface area contributed by atoms with Gasteiger partial charge in [-0.05, 0) is 26.7 Å². The van der Waals surface area contributed by atoms with Gasteiger partial charge in [0, 0.05) is 11.8 Å². The quantitative estimate of drug-likeness (QED) is 0.733. The van der Waals surface area contributed by atoms with E-state index in [1.165, 1.54) is 7.05 Å². The van der Waals surface area contributed by atoms with Crippen LogP contribution in [0.4, 0.5) is 4.79 Å². The van der Waals surface area contributed by atoms with Crippen molar-refractivity contribution in [1.82, 2.24) is 10.2 Å². The molecule has 7 nitrogen and oxygen atoms in total. The van der Waals surface area contributed by atoms with Crippen molar-refractivity contribution in [3.8, 4) is 0 Å². The van der Waals surface area contributed by atoms with Gasteiger partial charge in [0.15, 0.2) is 6.04 Å². The lowest BCUT2D eigenvalue weighted by Gasteiger charge is -2.24. The van der Waals surface area contributed by atoms with Crippen molar-refractivity contribution in [3.63, 3.8) is 0 Å². The highest BCUT2D eigenvalue weighted by molar-refractivity contribution is 5.86. The summed E-state index contributed by atoms with van der Waals surface area (Å²) in [6, 6.07) is -0.866. The molecule has 0 aromatic heterocycles. The first-order valence-corrected chi connectivity index (χ1v) is 6.43. The number of ether oxygens (including phenoxy) is 1. The second kappa shape index (κ2) is 7.12. The van der Waals surface area contributed by atoms with E-state index in [2.05, 4.69) is 5.32 Å². The molecule has 2 amide bonds. The van der Waals surface area contributed by atoms with Crippen LogP contribution >= 0.6 is 0 Å². The topological polar surface area (TPSA) is 98.6 Å². The molecule has 0 unspecified atom stereocenters. The molecular weight excluding hydrogens is 264 g/mol. The maximum atomic E-state index is 11.7. The Balaban J connectivity index is 4.46. The summed E-state index contributed by atoms with van der Waals surface area (Å²) in [5.74, 6) is -1.54. The van der Waals surface area contributed by atoms with Gasteiger partial charge in [0.2, 0.25) is 5.91 Å². The highest BCUT2D eigenvalue weighted by Gasteiger charge is 2.30. The zero-order valence-corrected chi connectivity index (χ0v) is 12.9. The third-order valence-electron chi connectivity index (χ3n) is 2.35. The molecule has 0 aromatic rings. The van der Waals surface area contributed by atoms with Crippen molar-refractivity contribution in [1.29, 1.82) is 0 Å². The predicted molar refractivity (Wildman–Crippen MR) is 74.3 cm³/mol. The van der Waals surface area contributed by atoms with Crippen molar-refractivity contribution in [2.75, 3.05) is 13.6 Å². The van der Waals surface area contributed by atoms with E-state index in [0.717, 1.165) is 4.90 Å². The first kappa shape index (κ1) is 18.2. The van der Waals surface area contributed by atoms with Gasteiger partial charge in [0.05, 0.1) is 0 Å². The summed E-state index contributed by atoms with van der Waals surface area (Å²) < 4.78 is 5.10. The van der Waals surface area contributed by atoms with Gasteiger partial charge in [-0.3, -0.25) is 4.79 Å². The monoisotopic (exact) mass is 289 g/mol. The number of nitrogens with one attached hydrogen (secondary N) is 1. The molecule has 0 bridgehead atoms. The predicted octanol–water partition coefficient (Wildman–Crippen LogP) is 0.245. The molecule has 0 aliphatic carbocycles. The van der Waals surface area contributed by atoms with Gasteiger partial charge >= 0.3 is 12.1 Å². The van der Waals surface area contributed by atoms with Crippen LogP contribution in [0, 0.1) is 5.92 Å². The van der Waals surface area contributed by atoms with Crippen LogP contribution in [-0.4, -0.2) is 53.2 Å². The van der Waals surface area contributed by atoms with Crippen LogP contribution in [0.3, 0.4) is 0 Å². The molecule has 0 radical (unpaired) electrons. The Bertz CT molecular complexity index is 373.